The summed E-state index contributed by atoms with van der Waals surface area (Å²) >= 11 is 2.08. The first kappa shape index (κ1) is 17.6. The van der Waals surface area contributed by atoms with Crippen LogP contribution in [0, 0.1) is 5.92 Å². The lowest BCUT2D eigenvalue weighted by Gasteiger charge is -2.31. The highest BCUT2D eigenvalue weighted by atomic mass is 32.2. The van der Waals surface area contributed by atoms with Crippen LogP contribution < -0.4 is 5.32 Å². The predicted molar refractivity (Wildman–Crippen MR) is 91.0 cm³/mol. The van der Waals surface area contributed by atoms with Crippen molar-refractivity contribution in [3.05, 3.63) is 0 Å². The van der Waals surface area contributed by atoms with Crippen LogP contribution in [0.4, 0.5) is 0 Å². The molecule has 1 aliphatic carbocycles. The second kappa shape index (κ2) is 10.1. The van der Waals surface area contributed by atoms with E-state index in [2.05, 4.69) is 24.0 Å². The molecule has 4 atom stereocenters. The Labute approximate surface area is 134 Å². The summed E-state index contributed by atoms with van der Waals surface area (Å²) in [4.78, 5) is 0. The lowest BCUT2D eigenvalue weighted by atomic mass is 9.85. The third-order valence-electron chi connectivity index (χ3n) is 4.89. The molecule has 2 aliphatic rings. The highest BCUT2D eigenvalue weighted by molar-refractivity contribution is 7.99. The number of aliphatic hydroxyl groups is 1. The van der Waals surface area contributed by atoms with Crippen molar-refractivity contribution in [1.82, 2.24) is 5.32 Å². The molecule has 2 fully saturated rings. The van der Waals surface area contributed by atoms with E-state index in [1.807, 2.05) is 0 Å². The third kappa shape index (κ3) is 6.47. The summed E-state index contributed by atoms with van der Waals surface area (Å²) in [6.45, 7) is 4.45. The van der Waals surface area contributed by atoms with Gasteiger partial charge in [0.1, 0.15) is 0 Å². The van der Waals surface area contributed by atoms with Crippen molar-refractivity contribution in [2.75, 3.05) is 25.4 Å². The molecule has 4 unspecified atom stereocenters. The fraction of sp³-hybridized carbons (Fsp3) is 1.00. The van der Waals surface area contributed by atoms with E-state index in [0.717, 1.165) is 11.8 Å². The summed E-state index contributed by atoms with van der Waals surface area (Å²) in [6, 6.07) is 0. The van der Waals surface area contributed by atoms with Gasteiger partial charge in [0, 0.05) is 18.3 Å². The zero-order valence-electron chi connectivity index (χ0n) is 13.6. The first-order chi connectivity index (χ1) is 10.3. The van der Waals surface area contributed by atoms with Crippen LogP contribution in [0.15, 0.2) is 0 Å². The van der Waals surface area contributed by atoms with Gasteiger partial charge in [0.2, 0.25) is 0 Å². The molecule has 0 amide bonds. The molecule has 0 aromatic heterocycles. The standard InChI is InChI=1S/C17H33NO2S/c1-2-14-7-3-4-9-17(14)20-13-15(19)11-18-12-16-8-5-6-10-21-16/h14-19H,2-13H2,1H3. The van der Waals surface area contributed by atoms with Gasteiger partial charge in [-0.3, -0.25) is 0 Å². The molecule has 3 nitrogen and oxygen atoms in total. The zero-order valence-corrected chi connectivity index (χ0v) is 14.4. The number of ether oxygens (including phenoxy) is 1. The van der Waals surface area contributed by atoms with Gasteiger partial charge in [-0.15, -0.1) is 0 Å². The predicted octanol–water partition coefficient (Wildman–Crippen LogP) is 3.21. The van der Waals surface area contributed by atoms with Gasteiger partial charge in [-0.1, -0.05) is 32.6 Å². The summed E-state index contributed by atoms with van der Waals surface area (Å²) in [5.41, 5.74) is 0. The van der Waals surface area contributed by atoms with Gasteiger partial charge in [0.15, 0.2) is 0 Å². The molecule has 0 radical (unpaired) electrons. The lowest BCUT2D eigenvalue weighted by molar-refractivity contribution is -0.0498. The first-order valence-corrected chi connectivity index (χ1v) is 9.96. The third-order valence-corrected chi connectivity index (χ3v) is 6.29. The van der Waals surface area contributed by atoms with Crippen molar-refractivity contribution < 1.29 is 9.84 Å². The van der Waals surface area contributed by atoms with Gasteiger partial charge in [-0.2, -0.15) is 11.8 Å². The van der Waals surface area contributed by atoms with E-state index in [9.17, 15) is 5.11 Å². The van der Waals surface area contributed by atoms with Crippen molar-refractivity contribution in [1.29, 1.82) is 0 Å². The zero-order chi connectivity index (χ0) is 14.9. The fourth-order valence-corrected chi connectivity index (χ4v) is 4.81. The molecule has 1 saturated carbocycles. The van der Waals surface area contributed by atoms with E-state index in [-0.39, 0.29) is 6.10 Å². The van der Waals surface area contributed by atoms with Crippen LogP contribution in [0.25, 0.3) is 0 Å². The van der Waals surface area contributed by atoms with E-state index in [0.29, 0.717) is 25.2 Å². The summed E-state index contributed by atoms with van der Waals surface area (Å²) < 4.78 is 6.00. The van der Waals surface area contributed by atoms with Gasteiger partial charge >= 0.3 is 0 Å². The monoisotopic (exact) mass is 315 g/mol. The molecule has 2 rings (SSSR count). The molecule has 4 heteroatoms. The smallest absolute Gasteiger partial charge is 0.0897 e. The highest BCUT2D eigenvalue weighted by Gasteiger charge is 2.24. The Morgan fingerprint density at radius 2 is 2.00 bits per heavy atom. The van der Waals surface area contributed by atoms with Crippen molar-refractivity contribution in [3.63, 3.8) is 0 Å². The van der Waals surface area contributed by atoms with E-state index in [1.165, 1.54) is 57.1 Å². The maximum absolute atomic E-state index is 10.1. The molecule has 2 N–H and O–H groups in total. The Bertz CT molecular complexity index is 272. The summed E-state index contributed by atoms with van der Waals surface area (Å²) in [7, 11) is 0. The lowest BCUT2D eigenvalue weighted by Crippen LogP contribution is -2.37. The number of hydrogen-bond acceptors (Lipinski definition) is 4. The Morgan fingerprint density at radius 1 is 1.19 bits per heavy atom. The van der Waals surface area contributed by atoms with Crippen LogP contribution in [-0.4, -0.2) is 48.0 Å². The Kier molecular flexibility index (Phi) is 8.45. The van der Waals surface area contributed by atoms with E-state index in [1.54, 1.807) is 0 Å². The van der Waals surface area contributed by atoms with Gasteiger partial charge in [0.05, 0.1) is 18.8 Å². The number of rotatable bonds is 8. The number of thioether (sulfide) groups is 1. The van der Waals surface area contributed by atoms with Crippen LogP contribution in [0.5, 0.6) is 0 Å². The Morgan fingerprint density at radius 3 is 2.76 bits per heavy atom. The molecular formula is C17H33NO2S. The topological polar surface area (TPSA) is 41.5 Å². The molecular weight excluding hydrogens is 282 g/mol. The van der Waals surface area contributed by atoms with E-state index >= 15 is 0 Å². The van der Waals surface area contributed by atoms with E-state index in [4.69, 9.17) is 4.74 Å². The van der Waals surface area contributed by atoms with Crippen molar-refractivity contribution in [2.24, 2.45) is 5.92 Å². The number of hydrogen-bond donors (Lipinski definition) is 2. The van der Waals surface area contributed by atoms with Crippen molar-refractivity contribution in [2.45, 2.75) is 75.7 Å². The quantitative estimate of drug-likeness (QED) is 0.722. The second-order valence-corrected chi connectivity index (χ2v) is 8.03. The average molecular weight is 316 g/mol. The van der Waals surface area contributed by atoms with Gasteiger partial charge in [-0.05, 0) is 37.4 Å². The largest absolute Gasteiger partial charge is 0.389 e. The maximum atomic E-state index is 10.1. The maximum Gasteiger partial charge on any atom is 0.0897 e. The molecule has 1 saturated heterocycles. The van der Waals surface area contributed by atoms with Crippen LogP contribution in [0.3, 0.4) is 0 Å². The fourth-order valence-electron chi connectivity index (χ4n) is 3.53. The normalized spacial score (nSPS) is 32.0. The molecule has 0 spiro atoms. The SMILES string of the molecule is CCC1CCCCC1OCC(O)CNCC1CCCCS1. The van der Waals surface area contributed by atoms with Crippen LogP contribution in [-0.2, 0) is 4.74 Å². The number of aliphatic hydroxyl groups excluding tert-OH is 1. The minimum Gasteiger partial charge on any atom is -0.389 e. The van der Waals surface area contributed by atoms with Crippen LogP contribution in [0.2, 0.25) is 0 Å². The van der Waals surface area contributed by atoms with Crippen LogP contribution >= 0.6 is 11.8 Å². The van der Waals surface area contributed by atoms with E-state index < -0.39 is 0 Å². The first-order valence-electron chi connectivity index (χ1n) is 8.91. The van der Waals surface area contributed by atoms with Gasteiger partial charge in [-0.25, -0.2) is 0 Å². The molecule has 0 aromatic rings. The van der Waals surface area contributed by atoms with Crippen LogP contribution in [0.1, 0.15) is 58.3 Å². The van der Waals surface area contributed by atoms with Crippen molar-refractivity contribution >= 4 is 11.8 Å². The summed E-state index contributed by atoms with van der Waals surface area (Å²) in [5, 5.41) is 14.2. The van der Waals surface area contributed by atoms with Gasteiger partial charge in [0.25, 0.3) is 0 Å². The molecule has 1 aliphatic heterocycles. The second-order valence-electron chi connectivity index (χ2n) is 6.63. The summed E-state index contributed by atoms with van der Waals surface area (Å²) in [5.74, 6) is 2.01. The molecule has 124 valence electrons. The minimum absolute atomic E-state index is 0.363. The molecule has 0 aromatic carbocycles. The highest BCUT2D eigenvalue weighted by Crippen LogP contribution is 2.29. The van der Waals surface area contributed by atoms with Crippen molar-refractivity contribution in [3.8, 4) is 0 Å². The minimum atomic E-state index is -0.363. The number of nitrogens with one attached hydrogen (secondary N) is 1. The molecule has 1 heterocycles. The Hall–Kier alpha value is 0.230. The molecule has 0 bridgehead atoms. The Balaban J connectivity index is 1.55. The van der Waals surface area contributed by atoms with Gasteiger partial charge < -0.3 is 15.2 Å². The average Bonchev–Trinajstić information content (AvgIpc) is 2.54. The summed E-state index contributed by atoms with van der Waals surface area (Å²) in [6.07, 6.45) is 10.4. The molecule has 21 heavy (non-hydrogen) atoms.